The Labute approximate surface area is 108 Å². The molecule has 1 atom stereocenters. The fraction of sp³-hybridized carbons (Fsp3) is 0.167. The van der Waals surface area contributed by atoms with Crippen molar-refractivity contribution in [2.75, 3.05) is 0 Å². The van der Waals surface area contributed by atoms with Gasteiger partial charge in [-0.1, -0.05) is 35.5 Å². The van der Waals surface area contributed by atoms with Gasteiger partial charge in [-0.3, -0.25) is 4.79 Å². The van der Waals surface area contributed by atoms with E-state index >= 15 is 0 Å². The van der Waals surface area contributed by atoms with Crippen LogP contribution >= 0.6 is 0 Å². The number of amides is 1. The third-order valence-electron chi connectivity index (χ3n) is 2.46. The highest BCUT2D eigenvalue weighted by Gasteiger charge is 2.21. The quantitative estimate of drug-likeness (QED) is 0.801. The lowest BCUT2D eigenvalue weighted by molar-refractivity contribution is -0.142. The normalized spacial score (nSPS) is 11.8. The predicted octanol–water partition coefficient (Wildman–Crippen LogP) is 0.220. The Morgan fingerprint density at radius 3 is 2.63 bits per heavy atom. The molecular formula is C12H12N4O3. The fourth-order valence-corrected chi connectivity index (χ4v) is 1.60. The van der Waals surface area contributed by atoms with Crippen LogP contribution in [0.5, 0.6) is 0 Å². The molecule has 0 radical (unpaired) electrons. The van der Waals surface area contributed by atoms with Crippen LogP contribution < -0.4 is 5.32 Å². The van der Waals surface area contributed by atoms with E-state index in [4.69, 9.17) is 5.11 Å². The third kappa shape index (κ3) is 3.38. The summed E-state index contributed by atoms with van der Waals surface area (Å²) in [5.74, 6) is -1.56. The van der Waals surface area contributed by atoms with E-state index in [0.29, 0.717) is 5.56 Å². The van der Waals surface area contributed by atoms with Gasteiger partial charge in [-0.2, -0.15) is 0 Å². The molecule has 0 fully saturated rings. The van der Waals surface area contributed by atoms with Crippen LogP contribution in [0.2, 0.25) is 0 Å². The number of carbonyl (C=O) groups is 2. The molecule has 98 valence electrons. The molecule has 1 aromatic heterocycles. The summed E-state index contributed by atoms with van der Waals surface area (Å²) in [5.41, 5.74) is 0.516. The smallest absolute Gasteiger partial charge is 0.330 e. The molecule has 0 unspecified atom stereocenters. The van der Waals surface area contributed by atoms with Crippen LogP contribution in [-0.2, 0) is 16.1 Å². The standard InChI is InChI=1S/C12H12N4O3/c17-10(8-16-7-6-13-15-16)14-11(12(18)19)9-4-2-1-3-5-9/h1-7,11H,8H2,(H,14,17)(H,18,19)/t11-/m1/s1. The summed E-state index contributed by atoms with van der Waals surface area (Å²) < 4.78 is 1.32. The van der Waals surface area contributed by atoms with Gasteiger partial charge in [0, 0.05) is 6.20 Å². The van der Waals surface area contributed by atoms with E-state index in [1.54, 1.807) is 30.3 Å². The molecule has 2 rings (SSSR count). The first-order valence-electron chi connectivity index (χ1n) is 5.58. The number of nitrogens with zero attached hydrogens (tertiary/aromatic N) is 3. The number of carbonyl (C=O) groups excluding carboxylic acids is 1. The molecule has 19 heavy (non-hydrogen) atoms. The summed E-state index contributed by atoms with van der Waals surface area (Å²) in [6.45, 7) is -0.0728. The van der Waals surface area contributed by atoms with E-state index in [0.717, 1.165) is 0 Å². The summed E-state index contributed by atoms with van der Waals surface area (Å²) in [6.07, 6.45) is 2.97. The van der Waals surface area contributed by atoms with Crippen LogP contribution in [-0.4, -0.2) is 32.0 Å². The van der Waals surface area contributed by atoms with E-state index in [1.165, 1.54) is 17.1 Å². The Balaban J connectivity index is 2.05. The number of aliphatic carboxylic acids is 1. The third-order valence-corrected chi connectivity index (χ3v) is 2.46. The largest absolute Gasteiger partial charge is 0.479 e. The highest BCUT2D eigenvalue weighted by molar-refractivity contribution is 5.84. The number of hydrogen-bond donors (Lipinski definition) is 2. The van der Waals surface area contributed by atoms with Gasteiger partial charge >= 0.3 is 5.97 Å². The summed E-state index contributed by atoms with van der Waals surface area (Å²) in [6, 6.07) is 7.43. The van der Waals surface area contributed by atoms with Crippen molar-refractivity contribution in [3.05, 3.63) is 48.3 Å². The minimum absolute atomic E-state index is 0.0728. The second-order valence-electron chi connectivity index (χ2n) is 3.85. The molecule has 0 spiro atoms. The van der Waals surface area contributed by atoms with Crippen molar-refractivity contribution in [2.24, 2.45) is 0 Å². The van der Waals surface area contributed by atoms with Crippen LogP contribution in [0.15, 0.2) is 42.7 Å². The summed E-state index contributed by atoms with van der Waals surface area (Å²) in [7, 11) is 0. The van der Waals surface area contributed by atoms with Gasteiger partial charge in [-0.15, -0.1) is 5.10 Å². The van der Waals surface area contributed by atoms with Gasteiger partial charge < -0.3 is 10.4 Å². The van der Waals surface area contributed by atoms with Gasteiger partial charge in [-0.05, 0) is 5.56 Å². The van der Waals surface area contributed by atoms with Gasteiger partial charge in [0.15, 0.2) is 6.04 Å². The maximum atomic E-state index is 11.7. The monoisotopic (exact) mass is 260 g/mol. The SMILES string of the molecule is O=C(Cn1ccnn1)N[C@@H](C(=O)O)c1ccccc1. The average Bonchev–Trinajstić information content (AvgIpc) is 2.89. The van der Waals surface area contributed by atoms with E-state index in [1.807, 2.05) is 0 Å². The molecule has 0 aliphatic heterocycles. The van der Waals surface area contributed by atoms with Gasteiger partial charge in [0.2, 0.25) is 5.91 Å². The Kier molecular flexibility index (Phi) is 3.87. The summed E-state index contributed by atoms with van der Waals surface area (Å²) >= 11 is 0. The first-order valence-corrected chi connectivity index (χ1v) is 5.58. The minimum Gasteiger partial charge on any atom is -0.479 e. The summed E-state index contributed by atoms with van der Waals surface area (Å²) in [4.78, 5) is 22.9. The minimum atomic E-state index is -1.11. The van der Waals surface area contributed by atoms with Crippen molar-refractivity contribution in [3.8, 4) is 0 Å². The Morgan fingerprint density at radius 2 is 2.05 bits per heavy atom. The van der Waals surface area contributed by atoms with Crippen LogP contribution in [0.4, 0.5) is 0 Å². The van der Waals surface area contributed by atoms with Crippen molar-refractivity contribution in [3.63, 3.8) is 0 Å². The number of hydrogen-bond acceptors (Lipinski definition) is 4. The number of carboxylic acids is 1. The van der Waals surface area contributed by atoms with Crippen LogP contribution in [0.25, 0.3) is 0 Å². The van der Waals surface area contributed by atoms with Crippen molar-refractivity contribution in [2.45, 2.75) is 12.6 Å². The fourth-order valence-electron chi connectivity index (χ4n) is 1.60. The second kappa shape index (κ2) is 5.76. The van der Waals surface area contributed by atoms with Gasteiger partial charge in [0.1, 0.15) is 6.54 Å². The molecule has 2 aromatic rings. The van der Waals surface area contributed by atoms with E-state index in [-0.39, 0.29) is 6.54 Å². The molecule has 0 saturated heterocycles. The maximum absolute atomic E-state index is 11.7. The van der Waals surface area contributed by atoms with Crippen molar-refractivity contribution in [1.82, 2.24) is 20.3 Å². The lowest BCUT2D eigenvalue weighted by Crippen LogP contribution is -2.36. The first-order chi connectivity index (χ1) is 9.16. The highest BCUT2D eigenvalue weighted by Crippen LogP contribution is 2.12. The van der Waals surface area contributed by atoms with E-state index in [2.05, 4.69) is 15.6 Å². The number of aromatic nitrogens is 3. The van der Waals surface area contributed by atoms with Gasteiger partial charge in [-0.25, -0.2) is 9.48 Å². The topological polar surface area (TPSA) is 97.1 Å². The average molecular weight is 260 g/mol. The Morgan fingerprint density at radius 1 is 1.32 bits per heavy atom. The molecule has 0 aliphatic rings. The molecule has 2 N–H and O–H groups in total. The van der Waals surface area contributed by atoms with Crippen molar-refractivity contribution >= 4 is 11.9 Å². The molecule has 0 aliphatic carbocycles. The van der Waals surface area contributed by atoms with Crippen LogP contribution in [0, 0.1) is 0 Å². The molecule has 7 nitrogen and oxygen atoms in total. The molecular weight excluding hydrogens is 248 g/mol. The number of carboxylic acid groups (broad SMARTS) is 1. The molecule has 0 bridgehead atoms. The number of nitrogens with one attached hydrogen (secondary N) is 1. The lowest BCUT2D eigenvalue weighted by atomic mass is 10.1. The van der Waals surface area contributed by atoms with Crippen LogP contribution in [0.1, 0.15) is 11.6 Å². The zero-order valence-corrected chi connectivity index (χ0v) is 9.93. The molecule has 1 heterocycles. The number of rotatable bonds is 5. The lowest BCUT2D eigenvalue weighted by Gasteiger charge is -2.14. The van der Waals surface area contributed by atoms with Crippen molar-refractivity contribution < 1.29 is 14.7 Å². The zero-order chi connectivity index (χ0) is 13.7. The van der Waals surface area contributed by atoms with E-state index < -0.39 is 17.9 Å². The predicted molar refractivity (Wildman–Crippen MR) is 65.0 cm³/mol. The molecule has 7 heteroatoms. The van der Waals surface area contributed by atoms with Gasteiger partial charge in [0.25, 0.3) is 0 Å². The zero-order valence-electron chi connectivity index (χ0n) is 9.93. The molecule has 1 aromatic carbocycles. The van der Waals surface area contributed by atoms with Gasteiger partial charge in [0.05, 0.1) is 6.20 Å². The second-order valence-corrected chi connectivity index (χ2v) is 3.85. The summed E-state index contributed by atoms with van der Waals surface area (Å²) in [5, 5.41) is 18.8. The van der Waals surface area contributed by atoms with Crippen LogP contribution in [0.3, 0.4) is 0 Å². The number of benzene rings is 1. The molecule has 0 saturated carbocycles. The Hall–Kier alpha value is -2.70. The Bertz CT molecular complexity index is 554. The molecule has 1 amide bonds. The first kappa shape index (κ1) is 12.7. The van der Waals surface area contributed by atoms with Crippen molar-refractivity contribution in [1.29, 1.82) is 0 Å². The van der Waals surface area contributed by atoms with E-state index in [9.17, 15) is 9.59 Å². The maximum Gasteiger partial charge on any atom is 0.330 e. The highest BCUT2D eigenvalue weighted by atomic mass is 16.4.